The third kappa shape index (κ3) is 3.97. The highest BCUT2D eigenvalue weighted by Gasteiger charge is 2.10. The summed E-state index contributed by atoms with van der Waals surface area (Å²) in [5.74, 6) is 0.227. The van der Waals surface area contributed by atoms with Crippen molar-refractivity contribution >= 4 is 5.78 Å². The predicted molar refractivity (Wildman–Crippen MR) is 70.7 cm³/mol. The molecule has 0 unspecified atom stereocenters. The number of carbonyl (C=O) groups is 1. The van der Waals surface area contributed by atoms with Gasteiger partial charge in [-0.15, -0.1) is 0 Å². The summed E-state index contributed by atoms with van der Waals surface area (Å²) in [6.45, 7) is 9.48. The number of Topliss-reactive ketones (excluding diaryl/α,β-unsaturated/α-hetero) is 1. The lowest BCUT2D eigenvalue weighted by atomic mass is 9.96. The van der Waals surface area contributed by atoms with Crippen molar-refractivity contribution in [2.24, 2.45) is 0 Å². The van der Waals surface area contributed by atoms with Crippen LogP contribution in [-0.2, 0) is 4.74 Å². The molecule has 0 N–H and O–H groups in total. The van der Waals surface area contributed by atoms with E-state index in [1.807, 2.05) is 26.8 Å². The molecule has 0 radical (unpaired) electrons. The maximum absolute atomic E-state index is 12.0. The molecule has 0 aliphatic carbocycles. The third-order valence-corrected chi connectivity index (χ3v) is 3.04. The first-order chi connectivity index (χ1) is 8.06. The summed E-state index contributed by atoms with van der Waals surface area (Å²) >= 11 is 0. The smallest absolute Gasteiger partial charge is 0.163 e. The fourth-order valence-corrected chi connectivity index (χ4v) is 1.87. The van der Waals surface area contributed by atoms with Crippen molar-refractivity contribution in [3.8, 4) is 0 Å². The monoisotopic (exact) mass is 234 g/mol. The summed E-state index contributed by atoms with van der Waals surface area (Å²) in [4.78, 5) is 12.0. The van der Waals surface area contributed by atoms with E-state index < -0.39 is 0 Å². The second-order valence-electron chi connectivity index (χ2n) is 4.48. The van der Waals surface area contributed by atoms with E-state index in [2.05, 4.69) is 13.0 Å². The largest absolute Gasteiger partial charge is 0.382 e. The number of rotatable bonds is 6. The van der Waals surface area contributed by atoms with Crippen LogP contribution < -0.4 is 0 Å². The number of benzene rings is 1. The van der Waals surface area contributed by atoms with Crippen molar-refractivity contribution in [3.63, 3.8) is 0 Å². The average molecular weight is 234 g/mol. The van der Waals surface area contributed by atoms with Gasteiger partial charge in [0.05, 0.1) is 0 Å². The van der Waals surface area contributed by atoms with Crippen LogP contribution in [0, 0.1) is 20.8 Å². The van der Waals surface area contributed by atoms with E-state index in [4.69, 9.17) is 4.74 Å². The molecular weight excluding hydrogens is 212 g/mol. The molecular formula is C15H22O2. The Balaban J connectivity index is 2.66. The maximum Gasteiger partial charge on any atom is 0.163 e. The van der Waals surface area contributed by atoms with Gasteiger partial charge in [0.2, 0.25) is 0 Å². The molecule has 94 valence electrons. The van der Waals surface area contributed by atoms with Gasteiger partial charge in [0.1, 0.15) is 0 Å². The Kier molecular flexibility index (Phi) is 5.36. The summed E-state index contributed by atoms with van der Waals surface area (Å²) in [5.41, 5.74) is 4.37. The van der Waals surface area contributed by atoms with Gasteiger partial charge in [-0.1, -0.05) is 6.07 Å². The average Bonchev–Trinajstić information content (AvgIpc) is 2.29. The molecule has 0 amide bonds. The lowest BCUT2D eigenvalue weighted by Gasteiger charge is -2.09. The molecule has 2 nitrogen and oxygen atoms in total. The van der Waals surface area contributed by atoms with Crippen LogP contribution in [-0.4, -0.2) is 19.0 Å². The highest BCUT2D eigenvalue weighted by Crippen LogP contribution is 2.17. The van der Waals surface area contributed by atoms with Gasteiger partial charge in [0.25, 0.3) is 0 Å². The lowest BCUT2D eigenvalue weighted by molar-refractivity contribution is 0.0946. The fraction of sp³-hybridized carbons (Fsp3) is 0.533. The zero-order chi connectivity index (χ0) is 12.8. The fourth-order valence-electron chi connectivity index (χ4n) is 1.87. The summed E-state index contributed by atoms with van der Waals surface area (Å²) in [6, 6.07) is 4.10. The molecule has 0 spiro atoms. The van der Waals surface area contributed by atoms with Crippen molar-refractivity contribution in [2.45, 2.75) is 40.5 Å². The van der Waals surface area contributed by atoms with Crippen molar-refractivity contribution in [2.75, 3.05) is 13.2 Å². The molecule has 1 aromatic rings. The SMILES string of the molecule is CCOCCCC(=O)c1cc(C)c(C)cc1C. The number of hydrogen-bond donors (Lipinski definition) is 0. The van der Waals surface area contributed by atoms with E-state index in [-0.39, 0.29) is 5.78 Å². The molecule has 0 fully saturated rings. The Morgan fingerprint density at radius 2 is 1.76 bits per heavy atom. The first-order valence-corrected chi connectivity index (χ1v) is 6.25. The van der Waals surface area contributed by atoms with Gasteiger partial charge in [-0.25, -0.2) is 0 Å². The van der Waals surface area contributed by atoms with Crippen LogP contribution in [0.3, 0.4) is 0 Å². The molecule has 0 aromatic heterocycles. The second-order valence-corrected chi connectivity index (χ2v) is 4.48. The van der Waals surface area contributed by atoms with Crippen LogP contribution in [0.4, 0.5) is 0 Å². The molecule has 0 saturated carbocycles. The quantitative estimate of drug-likeness (QED) is 0.555. The number of ketones is 1. The minimum atomic E-state index is 0.227. The molecule has 0 saturated heterocycles. The van der Waals surface area contributed by atoms with E-state index in [9.17, 15) is 4.79 Å². The normalized spacial score (nSPS) is 10.6. The lowest BCUT2D eigenvalue weighted by Crippen LogP contribution is -2.05. The zero-order valence-electron chi connectivity index (χ0n) is 11.3. The van der Waals surface area contributed by atoms with E-state index in [1.165, 1.54) is 11.1 Å². The van der Waals surface area contributed by atoms with Crippen molar-refractivity contribution in [1.82, 2.24) is 0 Å². The van der Waals surface area contributed by atoms with E-state index in [0.29, 0.717) is 13.0 Å². The Labute approximate surface area is 104 Å². The predicted octanol–water partition coefficient (Wildman–Crippen LogP) is 3.61. The standard InChI is InChI=1S/C15H22O2/c1-5-17-8-6-7-15(16)14-10-12(3)11(2)9-13(14)4/h9-10H,5-8H2,1-4H3. The van der Waals surface area contributed by atoms with Gasteiger partial charge in [0, 0.05) is 25.2 Å². The van der Waals surface area contributed by atoms with Crippen LogP contribution in [0.15, 0.2) is 12.1 Å². The molecule has 0 atom stereocenters. The Hall–Kier alpha value is -1.15. The van der Waals surface area contributed by atoms with Crippen LogP contribution >= 0.6 is 0 Å². The highest BCUT2D eigenvalue weighted by molar-refractivity contribution is 5.97. The summed E-state index contributed by atoms with van der Waals surface area (Å²) < 4.78 is 5.24. The van der Waals surface area contributed by atoms with E-state index in [0.717, 1.165) is 24.2 Å². The molecule has 0 heterocycles. The summed E-state index contributed by atoms with van der Waals surface area (Å²) in [6.07, 6.45) is 1.38. The van der Waals surface area contributed by atoms with Crippen LogP contribution in [0.2, 0.25) is 0 Å². The number of aryl methyl sites for hydroxylation is 3. The second kappa shape index (κ2) is 6.55. The maximum atomic E-state index is 12.0. The van der Waals surface area contributed by atoms with Crippen LogP contribution in [0.25, 0.3) is 0 Å². The summed E-state index contributed by atoms with van der Waals surface area (Å²) in [7, 11) is 0. The number of carbonyl (C=O) groups excluding carboxylic acids is 1. The van der Waals surface area contributed by atoms with Crippen molar-refractivity contribution in [3.05, 3.63) is 34.4 Å². The van der Waals surface area contributed by atoms with Gasteiger partial charge >= 0.3 is 0 Å². The van der Waals surface area contributed by atoms with Gasteiger partial charge in [0.15, 0.2) is 5.78 Å². The van der Waals surface area contributed by atoms with Gasteiger partial charge in [-0.2, -0.15) is 0 Å². The first kappa shape index (κ1) is 13.9. The minimum Gasteiger partial charge on any atom is -0.382 e. The van der Waals surface area contributed by atoms with E-state index in [1.54, 1.807) is 0 Å². The van der Waals surface area contributed by atoms with Crippen LogP contribution in [0.1, 0.15) is 46.8 Å². The summed E-state index contributed by atoms with van der Waals surface area (Å²) in [5, 5.41) is 0. The highest BCUT2D eigenvalue weighted by atomic mass is 16.5. The minimum absolute atomic E-state index is 0.227. The van der Waals surface area contributed by atoms with Gasteiger partial charge < -0.3 is 4.74 Å². The molecule has 17 heavy (non-hydrogen) atoms. The van der Waals surface area contributed by atoms with Crippen molar-refractivity contribution in [1.29, 1.82) is 0 Å². The zero-order valence-corrected chi connectivity index (χ0v) is 11.3. The molecule has 0 aliphatic rings. The Bertz CT molecular complexity index is 394. The number of ether oxygens (including phenoxy) is 1. The Morgan fingerprint density at radius 1 is 1.12 bits per heavy atom. The molecule has 2 heteroatoms. The number of hydrogen-bond acceptors (Lipinski definition) is 2. The van der Waals surface area contributed by atoms with Gasteiger partial charge in [-0.05, 0) is 56.9 Å². The van der Waals surface area contributed by atoms with Crippen molar-refractivity contribution < 1.29 is 9.53 Å². The van der Waals surface area contributed by atoms with Crippen LogP contribution in [0.5, 0.6) is 0 Å². The molecule has 1 aromatic carbocycles. The Morgan fingerprint density at radius 3 is 2.41 bits per heavy atom. The van der Waals surface area contributed by atoms with E-state index >= 15 is 0 Å². The first-order valence-electron chi connectivity index (χ1n) is 6.25. The topological polar surface area (TPSA) is 26.3 Å². The molecule has 0 aliphatic heterocycles. The molecule has 1 rings (SSSR count). The third-order valence-electron chi connectivity index (χ3n) is 3.04. The van der Waals surface area contributed by atoms with Gasteiger partial charge in [-0.3, -0.25) is 4.79 Å². The molecule has 0 bridgehead atoms.